The van der Waals surface area contributed by atoms with Crippen molar-refractivity contribution in [1.82, 2.24) is 5.32 Å². The number of amides is 1. The van der Waals surface area contributed by atoms with Gasteiger partial charge in [-0.25, -0.2) is 4.79 Å². The number of rotatable bonds is 6. The highest BCUT2D eigenvalue weighted by Crippen LogP contribution is 2.17. The highest BCUT2D eigenvalue weighted by molar-refractivity contribution is 5.86. The Morgan fingerprint density at radius 3 is 2.71 bits per heavy atom. The topological polar surface area (TPSA) is 75.6 Å². The molecule has 2 atom stereocenters. The van der Waals surface area contributed by atoms with E-state index in [1.807, 2.05) is 6.92 Å². The van der Waals surface area contributed by atoms with E-state index < -0.39 is 11.5 Å². The molecule has 0 radical (unpaired) electrons. The molecular weight excluding hydrogens is 222 g/mol. The van der Waals surface area contributed by atoms with E-state index in [4.69, 9.17) is 9.84 Å². The number of carboxylic acids is 1. The van der Waals surface area contributed by atoms with Crippen molar-refractivity contribution in [2.24, 2.45) is 0 Å². The number of nitrogens with one attached hydrogen (secondary N) is 1. The Balaban J connectivity index is 2.48. The number of carbonyl (C=O) groups excluding carboxylic acids is 1. The van der Waals surface area contributed by atoms with Crippen LogP contribution in [-0.4, -0.2) is 35.2 Å². The van der Waals surface area contributed by atoms with Gasteiger partial charge in [0.25, 0.3) is 0 Å². The molecule has 0 bridgehead atoms. The van der Waals surface area contributed by atoms with Crippen molar-refractivity contribution < 1.29 is 19.4 Å². The van der Waals surface area contributed by atoms with Gasteiger partial charge in [0.15, 0.2) is 0 Å². The largest absolute Gasteiger partial charge is 0.480 e. The van der Waals surface area contributed by atoms with Gasteiger partial charge in [0, 0.05) is 6.61 Å². The summed E-state index contributed by atoms with van der Waals surface area (Å²) in [6.07, 6.45) is 3.21. The zero-order valence-corrected chi connectivity index (χ0v) is 10.5. The van der Waals surface area contributed by atoms with Crippen LogP contribution >= 0.6 is 0 Å². The molecule has 5 heteroatoms. The Labute approximate surface area is 102 Å². The molecule has 1 saturated heterocycles. The van der Waals surface area contributed by atoms with E-state index in [1.165, 1.54) is 0 Å². The first kappa shape index (κ1) is 14.0. The van der Waals surface area contributed by atoms with Crippen LogP contribution in [0.25, 0.3) is 0 Å². The van der Waals surface area contributed by atoms with E-state index in [-0.39, 0.29) is 18.4 Å². The van der Waals surface area contributed by atoms with Crippen LogP contribution in [0, 0.1) is 0 Å². The van der Waals surface area contributed by atoms with E-state index in [9.17, 15) is 9.59 Å². The molecule has 1 rings (SSSR count). The van der Waals surface area contributed by atoms with E-state index in [0.717, 1.165) is 12.8 Å². The second-order valence-corrected chi connectivity index (χ2v) is 4.77. The number of ether oxygens (including phenoxy) is 1. The fraction of sp³-hybridized carbons (Fsp3) is 0.833. The lowest BCUT2D eigenvalue weighted by molar-refractivity contribution is -0.147. The first-order valence-electron chi connectivity index (χ1n) is 6.14. The summed E-state index contributed by atoms with van der Waals surface area (Å²) in [5.41, 5.74) is -1.16. The maximum absolute atomic E-state index is 11.7. The first-order valence-corrected chi connectivity index (χ1v) is 6.14. The Kier molecular flexibility index (Phi) is 4.93. The molecule has 98 valence electrons. The molecule has 1 aliphatic heterocycles. The third-order valence-corrected chi connectivity index (χ3v) is 3.07. The number of carbonyl (C=O) groups is 2. The van der Waals surface area contributed by atoms with Crippen molar-refractivity contribution in [2.45, 2.75) is 57.6 Å². The van der Waals surface area contributed by atoms with Crippen molar-refractivity contribution >= 4 is 11.9 Å². The normalized spacial score (nSPS) is 23.1. The molecule has 1 amide bonds. The Morgan fingerprint density at radius 1 is 1.53 bits per heavy atom. The lowest BCUT2D eigenvalue weighted by Gasteiger charge is -2.26. The lowest BCUT2D eigenvalue weighted by Crippen LogP contribution is -2.52. The van der Waals surface area contributed by atoms with E-state index in [1.54, 1.807) is 6.92 Å². The van der Waals surface area contributed by atoms with Gasteiger partial charge in [-0.1, -0.05) is 13.3 Å². The van der Waals surface area contributed by atoms with E-state index in [2.05, 4.69) is 5.32 Å². The van der Waals surface area contributed by atoms with Gasteiger partial charge in [-0.05, 0) is 26.2 Å². The third-order valence-electron chi connectivity index (χ3n) is 3.07. The van der Waals surface area contributed by atoms with Crippen LogP contribution in [0.15, 0.2) is 0 Å². The minimum Gasteiger partial charge on any atom is -0.480 e. The summed E-state index contributed by atoms with van der Waals surface area (Å²) in [6, 6.07) is 0. The number of aliphatic carboxylic acids is 1. The van der Waals surface area contributed by atoms with Crippen LogP contribution in [0.4, 0.5) is 0 Å². The Morgan fingerprint density at radius 2 is 2.24 bits per heavy atom. The molecule has 0 aromatic carbocycles. The number of hydrogen-bond acceptors (Lipinski definition) is 3. The van der Waals surface area contributed by atoms with Gasteiger partial charge in [0.2, 0.25) is 5.91 Å². The highest BCUT2D eigenvalue weighted by atomic mass is 16.5. The average molecular weight is 243 g/mol. The average Bonchev–Trinajstić information content (AvgIpc) is 2.70. The molecule has 0 aromatic rings. The summed E-state index contributed by atoms with van der Waals surface area (Å²) >= 11 is 0. The summed E-state index contributed by atoms with van der Waals surface area (Å²) in [5, 5.41) is 11.7. The van der Waals surface area contributed by atoms with Gasteiger partial charge in [-0.15, -0.1) is 0 Å². The number of hydrogen-bond donors (Lipinski definition) is 2. The third kappa shape index (κ3) is 4.00. The maximum Gasteiger partial charge on any atom is 0.329 e. The van der Waals surface area contributed by atoms with Crippen LogP contribution in [-0.2, 0) is 14.3 Å². The smallest absolute Gasteiger partial charge is 0.329 e. The molecule has 0 aliphatic carbocycles. The minimum absolute atomic E-state index is 0.0466. The summed E-state index contributed by atoms with van der Waals surface area (Å²) in [7, 11) is 0. The van der Waals surface area contributed by atoms with Crippen molar-refractivity contribution in [3.8, 4) is 0 Å². The van der Waals surface area contributed by atoms with Gasteiger partial charge in [-0.2, -0.15) is 0 Å². The van der Waals surface area contributed by atoms with Crippen LogP contribution in [0.5, 0.6) is 0 Å². The van der Waals surface area contributed by atoms with Crippen LogP contribution in [0.2, 0.25) is 0 Å². The van der Waals surface area contributed by atoms with Crippen LogP contribution in [0.3, 0.4) is 0 Å². The quantitative estimate of drug-likeness (QED) is 0.737. The van der Waals surface area contributed by atoms with Gasteiger partial charge in [0.1, 0.15) is 5.54 Å². The molecule has 17 heavy (non-hydrogen) atoms. The Bertz CT molecular complexity index is 286. The molecule has 1 heterocycles. The molecule has 2 N–H and O–H groups in total. The van der Waals surface area contributed by atoms with E-state index in [0.29, 0.717) is 19.4 Å². The summed E-state index contributed by atoms with van der Waals surface area (Å²) in [6.45, 7) is 4.14. The predicted molar refractivity (Wildman–Crippen MR) is 62.7 cm³/mol. The molecule has 0 spiro atoms. The predicted octanol–water partition coefficient (Wildman–Crippen LogP) is 1.32. The molecule has 2 unspecified atom stereocenters. The molecular formula is C12H21NO4. The van der Waals surface area contributed by atoms with Gasteiger partial charge < -0.3 is 15.2 Å². The summed E-state index contributed by atoms with van der Waals surface area (Å²) in [5.74, 6) is -1.23. The molecule has 5 nitrogen and oxygen atoms in total. The van der Waals surface area contributed by atoms with Gasteiger partial charge in [0.05, 0.1) is 12.5 Å². The molecule has 0 saturated carbocycles. The standard InChI is InChI=1S/C12H21NO4/c1-3-6-12(2,11(15)16)13-10(14)8-9-5-4-7-17-9/h9H,3-8H2,1-2H3,(H,13,14)(H,15,16). The highest BCUT2D eigenvalue weighted by Gasteiger charge is 2.34. The zero-order valence-electron chi connectivity index (χ0n) is 10.5. The van der Waals surface area contributed by atoms with Crippen molar-refractivity contribution in [2.75, 3.05) is 6.61 Å². The van der Waals surface area contributed by atoms with Crippen molar-refractivity contribution in [1.29, 1.82) is 0 Å². The first-order chi connectivity index (χ1) is 7.98. The lowest BCUT2D eigenvalue weighted by atomic mass is 9.96. The Hall–Kier alpha value is -1.10. The molecule has 0 aromatic heterocycles. The SMILES string of the molecule is CCCC(C)(NC(=O)CC1CCCO1)C(=O)O. The number of carboxylic acid groups (broad SMARTS) is 1. The fourth-order valence-corrected chi connectivity index (χ4v) is 2.09. The monoisotopic (exact) mass is 243 g/mol. The zero-order chi connectivity index (χ0) is 12.9. The van der Waals surface area contributed by atoms with Crippen molar-refractivity contribution in [3.05, 3.63) is 0 Å². The second-order valence-electron chi connectivity index (χ2n) is 4.77. The van der Waals surface area contributed by atoms with Crippen LogP contribution < -0.4 is 5.32 Å². The second kappa shape index (κ2) is 6.00. The van der Waals surface area contributed by atoms with Gasteiger partial charge >= 0.3 is 5.97 Å². The van der Waals surface area contributed by atoms with Crippen molar-refractivity contribution in [3.63, 3.8) is 0 Å². The molecule has 1 aliphatic rings. The fourth-order valence-electron chi connectivity index (χ4n) is 2.09. The van der Waals surface area contributed by atoms with Gasteiger partial charge in [-0.3, -0.25) is 4.79 Å². The van der Waals surface area contributed by atoms with Crippen LogP contribution in [0.1, 0.15) is 46.0 Å². The minimum atomic E-state index is -1.16. The summed E-state index contributed by atoms with van der Waals surface area (Å²) < 4.78 is 5.35. The van der Waals surface area contributed by atoms with E-state index >= 15 is 0 Å². The summed E-state index contributed by atoms with van der Waals surface area (Å²) in [4.78, 5) is 22.9. The molecule has 1 fully saturated rings. The maximum atomic E-state index is 11.7.